The summed E-state index contributed by atoms with van der Waals surface area (Å²) >= 11 is 0. The topological polar surface area (TPSA) is 29.3 Å². The van der Waals surface area contributed by atoms with Crippen molar-refractivity contribution >= 4 is 5.69 Å². The SMILES string of the molecule is CN(C)c1cccc(C2(N)CCC2)c1. The van der Waals surface area contributed by atoms with Crippen LogP contribution in [0.2, 0.25) is 0 Å². The van der Waals surface area contributed by atoms with Gasteiger partial charge >= 0.3 is 0 Å². The van der Waals surface area contributed by atoms with Gasteiger partial charge in [-0.25, -0.2) is 0 Å². The molecule has 1 aliphatic carbocycles. The van der Waals surface area contributed by atoms with Gasteiger partial charge in [-0.3, -0.25) is 0 Å². The highest BCUT2D eigenvalue weighted by molar-refractivity contribution is 5.49. The first kappa shape index (κ1) is 9.53. The van der Waals surface area contributed by atoms with E-state index in [4.69, 9.17) is 5.73 Å². The third kappa shape index (κ3) is 1.50. The minimum absolute atomic E-state index is 0.0357. The van der Waals surface area contributed by atoms with Crippen molar-refractivity contribution in [2.45, 2.75) is 24.8 Å². The second-order valence-corrected chi connectivity index (χ2v) is 4.45. The lowest BCUT2D eigenvalue weighted by atomic mass is 9.73. The number of nitrogens with two attached hydrogens (primary N) is 1. The molecule has 0 aromatic heterocycles. The van der Waals surface area contributed by atoms with Crippen LogP contribution in [0.25, 0.3) is 0 Å². The molecule has 1 aromatic carbocycles. The smallest absolute Gasteiger partial charge is 0.0410 e. The van der Waals surface area contributed by atoms with E-state index in [-0.39, 0.29) is 5.54 Å². The fraction of sp³-hybridized carbons (Fsp3) is 0.500. The Labute approximate surface area is 85.7 Å². The highest BCUT2D eigenvalue weighted by Gasteiger charge is 2.34. The lowest BCUT2D eigenvalue weighted by Crippen LogP contribution is -2.43. The van der Waals surface area contributed by atoms with E-state index in [1.807, 2.05) is 0 Å². The molecule has 2 rings (SSSR count). The monoisotopic (exact) mass is 190 g/mol. The minimum Gasteiger partial charge on any atom is -0.378 e. The predicted octanol–water partition coefficient (Wildman–Crippen LogP) is 2.09. The summed E-state index contributed by atoms with van der Waals surface area (Å²) in [5.41, 5.74) is 8.76. The highest BCUT2D eigenvalue weighted by atomic mass is 15.1. The predicted molar refractivity (Wildman–Crippen MR) is 60.5 cm³/mol. The van der Waals surface area contributed by atoms with Crippen LogP contribution in [0.3, 0.4) is 0 Å². The van der Waals surface area contributed by atoms with E-state index in [2.05, 4.69) is 43.3 Å². The Hall–Kier alpha value is -1.02. The van der Waals surface area contributed by atoms with Gasteiger partial charge in [0.25, 0.3) is 0 Å². The molecule has 1 fully saturated rings. The summed E-state index contributed by atoms with van der Waals surface area (Å²) in [7, 11) is 4.12. The van der Waals surface area contributed by atoms with E-state index >= 15 is 0 Å². The second kappa shape index (κ2) is 3.28. The van der Waals surface area contributed by atoms with Gasteiger partial charge in [0.2, 0.25) is 0 Å². The number of benzene rings is 1. The van der Waals surface area contributed by atoms with Crippen molar-refractivity contribution in [3.05, 3.63) is 29.8 Å². The van der Waals surface area contributed by atoms with Crippen molar-refractivity contribution in [1.29, 1.82) is 0 Å². The maximum Gasteiger partial charge on any atom is 0.0410 e. The molecule has 2 nitrogen and oxygen atoms in total. The first-order chi connectivity index (χ1) is 6.62. The Bertz CT molecular complexity index is 327. The van der Waals surface area contributed by atoms with Gasteiger partial charge in [0.15, 0.2) is 0 Å². The minimum atomic E-state index is -0.0357. The van der Waals surface area contributed by atoms with Crippen molar-refractivity contribution in [1.82, 2.24) is 0 Å². The van der Waals surface area contributed by atoms with E-state index < -0.39 is 0 Å². The molecule has 1 aromatic rings. The molecule has 0 amide bonds. The first-order valence-corrected chi connectivity index (χ1v) is 5.19. The zero-order valence-corrected chi connectivity index (χ0v) is 8.96. The van der Waals surface area contributed by atoms with Crippen molar-refractivity contribution in [2.24, 2.45) is 5.73 Å². The van der Waals surface area contributed by atoms with E-state index in [0.29, 0.717) is 0 Å². The highest BCUT2D eigenvalue weighted by Crippen LogP contribution is 2.39. The van der Waals surface area contributed by atoms with Crippen LogP contribution in [-0.2, 0) is 5.54 Å². The van der Waals surface area contributed by atoms with Crippen molar-refractivity contribution in [3.8, 4) is 0 Å². The second-order valence-electron chi connectivity index (χ2n) is 4.45. The van der Waals surface area contributed by atoms with Gasteiger partial charge < -0.3 is 10.6 Å². The summed E-state index contributed by atoms with van der Waals surface area (Å²) in [6.07, 6.45) is 3.52. The van der Waals surface area contributed by atoms with Crippen LogP contribution in [0.4, 0.5) is 5.69 Å². The normalized spacial score (nSPS) is 18.8. The summed E-state index contributed by atoms with van der Waals surface area (Å²) in [5.74, 6) is 0. The van der Waals surface area contributed by atoms with Crippen molar-refractivity contribution in [2.75, 3.05) is 19.0 Å². The average Bonchev–Trinajstić information content (AvgIpc) is 2.14. The zero-order chi connectivity index (χ0) is 10.2. The van der Waals surface area contributed by atoms with E-state index in [9.17, 15) is 0 Å². The third-order valence-electron chi connectivity index (χ3n) is 3.18. The molecular weight excluding hydrogens is 172 g/mol. The Morgan fingerprint density at radius 2 is 2.00 bits per heavy atom. The van der Waals surface area contributed by atoms with Crippen molar-refractivity contribution in [3.63, 3.8) is 0 Å². The van der Waals surface area contributed by atoms with Crippen LogP contribution < -0.4 is 10.6 Å². The maximum absolute atomic E-state index is 6.27. The molecule has 0 saturated heterocycles. The molecule has 0 atom stereocenters. The van der Waals surface area contributed by atoms with Crippen LogP contribution in [0.15, 0.2) is 24.3 Å². The summed E-state index contributed by atoms with van der Waals surface area (Å²) in [6, 6.07) is 8.56. The molecular formula is C12H18N2. The third-order valence-corrected chi connectivity index (χ3v) is 3.18. The average molecular weight is 190 g/mol. The fourth-order valence-electron chi connectivity index (χ4n) is 1.94. The number of hydrogen-bond donors (Lipinski definition) is 1. The summed E-state index contributed by atoms with van der Waals surface area (Å²) in [6.45, 7) is 0. The van der Waals surface area contributed by atoms with Gasteiger partial charge in [-0.2, -0.15) is 0 Å². The van der Waals surface area contributed by atoms with Crippen molar-refractivity contribution < 1.29 is 0 Å². The molecule has 0 radical (unpaired) electrons. The lowest BCUT2D eigenvalue weighted by molar-refractivity contribution is 0.253. The van der Waals surface area contributed by atoms with Gasteiger partial charge in [0.1, 0.15) is 0 Å². The largest absolute Gasteiger partial charge is 0.378 e. The van der Waals surface area contributed by atoms with E-state index in [1.54, 1.807) is 0 Å². The number of anilines is 1. The van der Waals surface area contributed by atoms with Crippen LogP contribution in [0.5, 0.6) is 0 Å². The Balaban J connectivity index is 2.30. The van der Waals surface area contributed by atoms with Gasteiger partial charge in [0, 0.05) is 25.3 Å². The lowest BCUT2D eigenvalue weighted by Gasteiger charge is -2.39. The molecule has 0 unspecified atom stereocenters. The number of nitrogens with zero attached hydrogens (tertiary/aromatic N) is 1. The molecule has 0 spiro atoms. The molecule has 2 heteroatoms. The summed E-state index contributed by atoms with van der Waals surface area (Å²) in [5, 5.41) is 0. The summed E-state index contributed by atoms with van der Waals surface area (Å²) in [4.78, 5) is 2.12. The van der Waals surface area contributed by atoms with Gasteiger partial charge in [-0.05, 0) is 37.0 Å². The van der Waals surface area contributed by atoms with Gasteiger partial charge in [-0.1, -0.05) is 12.1 Å². The molecule has 14 heavy (non-hydrogen) atoms. The molecule has 0 bridgehead atoms. The first-order valence-electron chi connectivity index (χ1n) is 5.19. The summed E-state index contributed by atoms with van der Waals surface area (Å²) < 4.78 is 0. The standard InChI is InChI=1S/C12H18N2/c1-14(2)11-6-3-5-10(9-11)12(13)7-4-8-12/h3,5-6,9H,4,7-8,13H2,1-2H3. The molecule has 0 aliphatic heterocycles. The van der Waals surface area contributed by atoms with E-state index in [0.717, 1.165) is 12.8 Å². The number of rotatable bonds is 2. The van der Waals surface area contributed by atoms with Gasteiger partial charge in [0.05, 0.1) is 0 Å². The quantitative estimate of drug-likeness (QED) is 0.773. The molecule has 1 aliphatic rings. The Kier molecular flexibility index (Phi) is 2.23. The molecule has 2 N–H and O–H groups in total. The molecule has 1 saturated carbocycles. The van der Waals surface area contributed by atoms with E-state index in [1.165, 1.54) is 17.7 Å². The van der Waals surface area contributed by atoms with Crippen LogP contribution in [0.1, 0.15) is 24.8 Å². The Morgan fingerprint density at radius 3 is 2.50 bits per heavy atom. The Morgan fingerprint density at radius 1 is 1.29 bits per heavy atom. The van der Waals surface area contributed by atoms with Crippen LogP contribution in [-0.4, -0.2) is 14.1 Å². The van der Waals surface area contributed by atoms with Crippen LogP contribution in [0, 0.1) is 0 Å². The fourth-order valence-corrected chi connectivity index (χ4v) is 1.94. The number of hydrogen-bond acceptors (Lipinski definition) is 2. The molecule has 76 valence electrons. The van der Waals surface area contributed by atoms with Gasteiger partial charge in [-0.15, -0.1) is 0 Å². The molecule has 0 heterocycles. The van der Waals surface area contributed by atoms with Crippen LogP contribution >= 0.6 is 0 Å². The maximum atomic E-state index is 6.27. The zero-order valence-electron chi connectivity index (χ0n) is 8.96.